The summed E-state index contributed by atoms with van der Waals surface area (Å²) in [4.78, 5) is 0. The summed E-state index contributed by atoms with van der Waals surface area (Å²) < 4.78 is 56.4. The average molecular weight is 237 g/mol. The minimum atomic E-state index is -4.36. The summed E-state index contributed by atoms with van der Waals surface area (Å²) in [5, 5.41) is 0. The van der Waals surface area contributed by atoms with E-state index in [2.05, 4.69) is 0 Å². The Hall–Kier alpha value is 0.0500. The molecule has 0 saturated heterocycles. The van der Waals surface area contributed by atoms with Crippen LogP contribution in [0.3, 0.4) is 0 Å². The predicted molar refractivity (Wildman–Crippen MR) is 46.2 cm³/mol. The first kappa shape index (κ1) is 13.1. The molecule has 0 aromatic rings. The molecule has 13 heavy (non-hydrogen) atoms. The lowest BCUT2D eigenvalue weighted by Crippen LogP contribution is -2.20. The van der Waals surface area contributed by atoms with Crippen LogP contribution in [-0.4, -0.2) is 37.7 Å². The molecule has 0 saturated carbocycles. The van der Waals surface area contributed by atoms with Crippen molar-refractivity contribution >= 4 is 21.6 Å². The van der Waals surface area contributed by atoms with Gasteiger partial charge in [0.25, 0.3) is 0 Å². The molecule has 0 rings (SSSR count). The van der Waals surface area contributed by atoms with E-state index in [0.29, 0.717) is 0 Å². The van der Waals surface area contributed by atoms with Crippen molar-refractivity contribution in [2.75, 3.05) is 23.8 Å². The number of rotatable bonds is 5. The Morgan fingerprint density at radius 2 is 1.77 bits per heavy atom. The highest BCUT2D eigenvalue weighted by Crippen LogP contribution is 2.29. The molecule has 0 amide bonds. The van der Waals surface area contributed by atoms with Gasteiger partial charge < -0.3 is 5.73 Å². The van der Waals surface area contributed by atoms with Crippen molar-refractivity contribution in [2.45, 2.75) is 5.51 Å². The molecular weight excluding hydrogens is 227 g/mol. The highest BCUT2D eigenvalue weighted by molar-refractivity contribution is 8.01. The van der Waals surface area contributed by atoms with Gasteiger partial charge in [-0.25, -0.2) is 8.42 Å². The van der Waals surface area contributed by atoms with E-state index in [9.17, 15) is 21.6 Å². The van der Waals surface area contributed by atoms with Crippen LogP contribution in [-0.2, 0) is 9.84 Å². The molecule has 0 aromatic heterocycles. The molecule has 8 heteroatoms. The van der Waals surface area contributed by atoms with Gasteiger partial charge in [-0.1, -0.05) is 0 Å². The first-order valence-electron chi connectivity index (χ1n) is 3.38. The summed E-state index contributed by atoms with van der Waals surface area (Å²) >= 11 is -0.334. The van der Waals surface area contributed by atoms with Crippen molar-refractivity contribution in [1.29, 1.82) is 0 Å². The highest BCUT2D eigenvalue weighted by atomic mass is 32.2. The number of alkyl halides is 3. The quantitative estimate of drug-likeness (QED) is 0.761. The van der Waals surface area contributed by atoms with Gasteiger partial charge in [-0.15, -0.1) is 0 Å². The van der Waals surface area contributed by atoms with E-state index < -0.39 is 26.9 Å². The van der Waals surface area contributed by atoms with Crippen LogP contribution >= 0.6 is 11.8 Å². The molecule has 0 aromatic carbocycles. The normalized spacial score (nSPS) is 13.2. The lowest BCUT2D eigenvalue weighted by atomic mass is 10.8. The predicted octanol–water partition coefficient (Wildman–Crippen LogP) is 0.613. The topological polar surface area (TPSA) is 60.2 Å². The number of hydrogen-bond acceptors (Lipinski definition) is 4. The fraction of sp³-hybridized carbons (Fsp3) is 1.00. The molecule has 0 spiro atoms. The molecule has 0 bridgehead atoms. The molecule has 0 aliphatic rings. The molecular formula is C5H10F3NO2S2. The molecule has 3 nitrogen and oxygen atoms in total. The summed E-state index contributed by atoms with van der Waals surface area (Å²) in [7, 11) is -3.40. The fourth-order valence-electron chi connectivity index (χ4n) is 0.566. The van der Waals surface area contributed by atoms with Gasteiger partial charge in [-0.3, -0.25) is 0 Å². The largest absolute Gasteiger partial charge is 0.441 e. The van der Waals surface area contributed by atoms with E-state index in [1.165, 1.54) is 0 Å². The Kier molecular flexibility index (Phi) is 5.08. The first-order chi connectivity index (χ1) is 5.77. The Bertz CT molecular complexity index is 237. The van der Waals surface area contributed by atoms with Crippen LogP contribution in [0.25, 0.3) is 0 Å². The van der Waals surface area contributed by atoms with Crippen LogP contribution in [0.1, 0.15) is 0 Å². The molecule has 0 unspecified atom stereocenters. The maximum absolute atomic E-state index is 11.6. The smallest absolute Gasteiger partial charge is 0.329 e. The van der Waals surface area contributed by atoms with Crippen molar-refractivity contribution in [2.24, 2.45) is 5.73 Å². The third-order valence-electron chi connectivity index (χ3n) is 1.09. The standard InChI is InChI=1S/C5H10F3NO2S2/c6-5(7,8)12-2-4-13(10,11)3-1-9/h1-4,9H2. The maximum Gasteiger partial charge on any atom is 0.441 e. The van der Waals surface area contributed by atoms with Crippen LogP contribution in [0.4, 0.5) is 13.2 Å². The molecule has 0 heterocycles. The average Bonchev–Trinajstić information content (AvgIpc) is 1.82. The summed E-state index contributed by atoms with van der Waals surface area (Å²) in [6.45, 7) is -0.0565. The van der Waals surface area contributed by atoms with Crippen LogP contribution in [0.5, 0.6) is 0 Å². The van der Waals surface area contributed by atoms with Gasteiger partial charge in [0.05, 0.1) is 11.5 Å². The summed E-state index contributed by atoms with van der Waals surface area (Å²) in [5.41, 5.74) is 0.601. The minimum absolute atomic E-state index is 0.0565. The number of thioether (sulfide) groups is 1. The summed E-state index contributed by atoms with van der Waals surface area (Å²) in [6.07, 6.45) is 0. The van der Waals surface area contributed by atoms with Crippen LogP contribution in [0, 0.1) is 0 Å². The SMILES string of the molecule is NCCS(=O)(=O)CCSC(F)(F)F. The fourth-order valence-corrected chi connectivity index (χ4v) is 2.71. The summed E-state index contributed by atoms with van der Waals surface area (Å²) in [6, 6.07) is 0. The van der Waals surface area contributed by atoms with Gasteiger partial charge in [0.2, 0.25) is 0 Å². The van der Waals surface area contributed by atoms with Crippen molar-refractivity contribution in [3.8, 4) is 0 Å². The number of nitrogens with two attached hydrogens (primary N) is 1. The van der Waals surface area contributed by atoms with Crippen molar-refractivity contribution < 1.29 is 21.6 Å². The maximum atomic E-state index is 11.6. The Morgan fingerprint density at radius 3 is 2.15 bits per heavy atom. The zero-order valence-corrected chi connectivity index (χ0v) is 8.31. The third-order valence-corrected chi connectivity index (χ3v) is 3.77. The van der Waals surface area contributed by atoms with Crippen LogP contribution in [0.15, 0.2) is 0 Å². The second-order valence-electron chi connectivity index (χ2n) is 2.23. The first-order valence-corrected chi connectivity index (χ1v) is 6.19. The molecule has 80 valence electrons. The molecule has 2 N–H and O–H groups in total. The van der Waals surface area contributed by atoms with Crippen molar-refractivity contribution in [3.05, 3.63) is 0 Å². The van der Waals surface area contributed by atoms with Crippen LogP contribution < -0.4 is 5.73 Å². The van der Waals surface area contributed by atoms with E-state index in [0.717, 1.165) is 0 Å². The van der Waals surface area contributed by atoms with E-state index >= 15 is 0 Å². The van der Waals surface area contributed by atoms with Gasteiger partial charge in [-0.2, -0.15) is 13.2 Å². The minimum Gasteiger partial charge on any atom is -0.329 e. The molecule has 0 fully saturated rings. The van der Waals surface area contributed by atoms with E-state index in [1.54, 1.807) is 0 Å². The zero-order valence-electron chi connectivity index (χ0n) is 6.67. The molecule has 0 aliphatic heterocycles. The van der Waals surface area contributed by atoms with Gasteiger partial charge in [-0.05, 0) is 11.8 Å². The second kappa shape index (κ2) is 5.06. The lowest BCUT2D eigenvalue weighted by molar-refractivity contribution is -0.0326. The van der Waals surface area contributed by atoms with E-state index in [1.807, 2.05) is 0 Å². The molecule has 0 atom stereocenters. The van der Waals surface area contributed by atoms with Gasteiger partial charge in [0, 0.05) is 12.3 Å². The Labute approximate surface area is 78.8 Å². The number of halogens is 3. The molecule has 0 aliphatic carbocycles. The molecule has 0 radical (unpaired) electrons. The highest BCUT2D eigenvalue weighted by Gasteiger charge is 2.28. The van der Waals surface area contributed by atoms with Gasteiger partial charge >= 0.3 is 5.51 Å². The Morgan fingerprint density at radius 1 is 1.23 bits per heavy atom. The number of hydrogen-bond donors (Lipinski definition) is 1. The Balaban J connectivity index is 3.77. The van der Waals surface area contributed by atoms with E-state index in [4.69, 9.17) is 5.73 Å². The lowest BCUT2D eigenvalue weighted by Gasteiger charge is -2.05. The summed E-state index contributed by atoms with van der Waals surface area (Å²) in [5.74, 6) is -1.20. The van der Waals surface area contributed by atoms with Crippen molar-refractivity contribution in [3.63, 3.8) is 0 Å². The van der Waals surface area contributed by atoms with Crippen LogP contribution in [0.2, 0.25) is 0 Å². The monoisotopic (exact) mass is 237 g/mol. The van der Waals surface area contributed by atoms with E-state index in [-0.39, 0.29) is 24.1 Å². The third kappa shape index (κ3) is 8.38. The second-order valence-corrected chi connectivity index (χ2v) is 5.70. The van der Waals surface area contributed by atoms with Gasteiger partial charge in [0.15, 0.2) is 9.84 Å². The zero-order chi connectivity index (χ0) is 10.5. The number of sulfone groups is 1. The van der Waals surface area contributed by atoms with Crippen molar-refractivity contribution in [1.82, 2.24) is 0 Å². The van der Waals surface area contributed by atoms with Gasteiger partial charge in [0.1, 0.15) is 0 Å².